The third-order valence-electron chi connectivity index (χ3n) is 4.80. The van der Waals surface area contributed by atoms with Crippen molar-refractivity contribution in [2.45, 2.75) is 18.8 Å². The second-order valence-corrected chi connectivity index (χ2v) is 6.68. The van der Waals surface area contributed by atoms with Crippen molar-refractivity contribution in [1.82, 2.24) is 19.4 Å². The fraction of sp³-hybridized carbons (Fsp3) is 0.263. The fourth-order valence-electron chi connectivity index (χ4n) is 3.25. The molecule has 3 aromatic heterocycles. The largest absolute Gasteiger partial charge is 0.477 e. The zero-order valence-electron chi connectivity index (χ0n) is 14.7. The number of alkyl halides is 2. The zero-order chi connectivity index (χ0) is 19.9. The average Bonchev–Trinajstić information content (AvgIpc) is 3.11. The Morgan fingerprint density at radius 1 is 1.11 bits per heavy atom. The number of amides is 1. The summed E-state index contributed by atoms with van der Waals surface area (Å²) in [5.74, 6) is -4.17. The highest BCUT2D eigenvalue weighted by Crippen LogP contribution is 2.28. The van der Waals surface area contributed by atoms with Crippen LogP contribution in [0.3, 0.4) is 0 Å². The number of rotatable bonds is 3. The van der Waals surface area contributed by atoms with Gasteiger partial charge in [0.05, 0.1) is 11.3 Å². The van der Waals surface area contributed by atoms with Gasteiger partial charge in [-0.3, -0.25) is 4.79 Å². The van der Waals surface area contributed by atoms with Crippen molar-refractivity contribution in [2.75, 3.05) is 13.1 Å². The van der Waals surface area contributed by atoms with E-state index in [0.29, 0.717) is 22.3 Å². The molecular weight excluding hydrogens is 370 g/mol. The van der Waals surface area contributed by atoms with Gasteiger partial charge in [-0.25, -0.2) is 23.5 Å². The maximum Gasteiger partial charge on any atom is 0.354 e. The smallest absolute Gasteiger partial charge is 0.354 e. The summed E-state index contributed by atoms with van der Waals surface area (Å²) in [7, 11) is 0. The van der Waals surface area contributed by atoms with Crippen molar-refractivity contribution in [3.05, 3.63) is 54.1 Å². The fourth-order valence-corrected chi connectivity index (χ4v) is 3.25. The van der Waals surface area contributed by atoms with Gasteiger partial charge in [-0.05, 0) is 24.3 Å². The molecule has 0 aliphatic carbocycles. The van der Waals surface area contributed by atoms with E-state index in [0.717, 1.165) is 0 Å². The number of carbonyl (C=O) groups excluding carboxylic acids is 1. The van der Waals surface area contributed by atoms with Crippen molar-refractivity contribution >= 4 is 22.9 Å². The minimum atomic E-state index is -2.71. The van der Waals surface area contributed by atoms with Crippen LogP contribution in [-0.4, -0.2) is 55.4 Å². The topological polar surface area (TPSA) is 88.3 Å². The molecule has 1 fully saturated rings. The lowest BCUT2D eigenvalue weighted by Crippen LogP contribution is -2.42. The lowest BCUT2D eigenvalue weighted by Gasteiger charge is -2.31. The van der Waals surface area contributed by atoms with E-state index in [4.69, 9.17) is 5.11 Å². The van der Waals surface area contributed by atoms with Gasteiger partial charge < -0.3 is 14.6 Å². The lowest BCUT2D eigenvalue weighted by atomic mass is 10.1. The molecule has 1 aliphatic rings. The average molecular weight is 386 g/mol. The predicted octanol–water partition coefficient (Wildman–Crippen LogP) is 2.99. The summed E-state index contributed by atoms with van der Waals surface area (Å²) in [6.45, 7) is 0.0275. The minimum Gasteiger partial charge on any atom is -0.477 e. The Labute approximate surface area is 158 Å². The van der Waals surface area contributed by atoms with Gasteiger partial charge >= 0.3 is 5.97 Å². The van der Waals surface area contributed by atoms with E-state index in [9.17, 15) is 18.4 Å². The molecule has 0 atom stereocenters. The molecule has 28 heavy (non-hydrogen) atoms. The van der Waals surface area contributed by atoms with Gasteiger partial charge in [0.1, 0.15) is 11.3 Å². The van der Waals surface area contributed by atoms with Crippen LogP contribution in [0.5, 0.6) is 0 Å². The molecular formula is C19H16F2N4O3. The van der Waals surface area contributed by atoms with Crippen LogP contribution >= 0.6 is 0 Å². The van der Waals surface area contributed by atoms with Crippen LogP contribution in [0.1, 0.15) is 33.7 Å². The van der Waals surface area contributed by atoms with Crippen LogP contribution in [0.2, 0.25) is 0 Å². The molecule has 0 unspecified atom stereocenters. The van der Waals surface area contributed by atoms with Gasteiger partial charge in [0, 0.05) is 49.9 Å². The van der Waals surface area contributed by atoms with Crippen molar-refractivity contribution in [3.8, 4) is 5.69 Å². The van der Waals surface area contributed by atoms with Crippen LogP contribution in [0.4, 0.5) is 8.78 Å². The highest BCUT2D eigenvalue weighted by atomic mass is 19.3. The molecule has 0 saturated carbocycles. The predicted molar refractivity (Wildman–Crippen MR) is 95.9 cm³/mol. The number of piperidine rings is 1. The Morgan fingerprint density at radius 3 is 2.57 bits per heavy atom. The standard InChI is InChI=1S/C19H16F2N4O3/c20-19(21)3-7-24(8-4-19)17(26)13-9-12-2-6-25(16(12)23-11-13)14-1-5-22-15(10-14)18(27)28/h1-2,5-6,9-11H,3-4,7-8H2,(H,27,28). The summed E-state index contributed by atoms with van der Waals surface area (Å²) < 4.78 is 28.3. The van der Waals surface area contributed by atoms with E-state index < -0.39 is 11.9 Å². The monoisotopic (exact) mass is 386 g/mol. The number of hydrogen-bond acceptors (Lipinski definition) is 4. The number of aromatic nitrogens is 3. The molecule has 0 radical (unpaired) electrons. The maximum atomic E-state index is 13.3. The third kappa shape index (κ3) is 3.30. The molecule has 0 bridgehead atoms. The van der Waals surface area contributed by atoms with Crippen molar-refractivity contribution in [3.63, 3.8) is 0 Å². The molecule has 1 saturated heterocycles. The van der Waals surface area contributed by atoms with Crippen molar-refractivity contribution in [2.24, 2.45) is 0 Å². The second-order valence-electron chi connectivity index (χ2n) is 6.68. The lowest BCUT2D eigenvalue weighted by molar-refractivity contribution is -0.0494. The van der Waals surface area contributed by atoms with Crippen LogP contribution in [0, 0.1) is 0 Å². The Bertz CT molecular complexity index is 1070. The maximum absolute atomic E-state index is 13.3. The number of aromatic carboxylic acids is 1. The minimum absolute atomic E-state index is 0.0138. The van der Waals surface area contributed by atoms with Crippen LogP contribution in [-0.2, 0) is 0 Å². The summed E-state index contributed by atoms with van der Waals surface area (Å²) in [6.07, 6.45) is 3.85. The first-order valence-electron chi connectivity index (χ1n) is 8.68. The van der Waals surface area contributed by atoms with Gasteiger partial charge in [-0.15, -0.1) is 0 Å². The number of halogens is 2. The van der Waals surface area contributed by atoms with Gasteiger partial charge in [-0.1, -0.05) is 0 Å². The van der Waals surface area contributed by atoms with Gasteiger partial charge in [0.2, 0.25) is 0 Å². The molecule has 0 spiro atoms. The Kier molecular flexibility index (Phi) is 4.29. The number of carbonyl (C=O) groups is 2. The van der Waals surface area contributed by atoms with E-state index >= 15 is 0 Å². The van der Waals surface area contributed by atoms with E-state index in [1.165, 1.54) is 23.4 Å². The Hall–Kier alpha value is -3.36. The highest BCUT2D eigenvalue weighted by Gasteiger charge is 2.35. The molecule has 4 heterocycles. The Morgan fingerprint density at radius 2 is 1.86 bits per heavy atom. The molecule has 144 valence electrons. The molecule has 1 amide bonds. The molecule has 4 rings (SSSR count). The van der Waals surface area contributed by atoms with E-state index in [1.807, 2.05) is 0 Å². The molecule has 1 aliphatic heterocycles. The number of carboxylic acid groups (broad SMARTS) is 1. The van der Waals surface area contributed by atoms with E-state index in [-0.39, 0.29) is 37.5 Å². The first-order valence-corrected chi connectivity index (χ1v) is 8.68. The molecule has 1 N–H and O–H groups in total. The first-order chi connectivity index (χ1) is 13.3. The molecule has 7 nitrogen and oxygen atoms in total. The third-order valence-corrected chi connectivity index (χ3v) is 4.80. The molecule has 0 aromatic carbocycles. The summed E-state index contributed by atoms with van der Waals surface area (Å²) >= 11 is 0. The summed E-state index contributed by atoms with van der Waals surface area (Å²) in [5, 5.41) is 9.78. The van der Waals surface area contributed by atoms with E-state index in [2.05, 4.69) is 9.97 Å². The summed E-state index contributed by atoms with van der Waals surface area (Å²) in [4.78, 5) is 33.3. The van der Waals surface area contributed by atoms with Crippen LogP contribution in [0.15, 0.2) is 42.9 Å². The quantitative estimate of drug-likeness (QED) is 0.748. The van der Waals surface area contributed by atoms with Crippen molar-refractivity contribution in [1.29, 1.82) is 0 Å². The highest BCUT2D eigenvalue weighted by molar-refractivity contribution is 5.97. The number of pyridine rings is 2. The Balaban J connectivity index is 1.62. The number of fused-ring (bicyclic) bond motifs is 1. The van der Waals surface area contributed by atoms with Crippen LogP contribution < -0.4 is 0 Å². The number of nitrogens with zero attached hydrogens (tertiary/aromatic N) is 4. The van der Waals surface area contributed by atoms with Crippen LogP contribution in [0.25, 0.3) is 16.7 Å². The second kappa shape index (κ2) is 6.66. The van der Waals surface area contributed by atoms with Crippen molar-refractivity contribution < 1.29 is 23.5 Å². The zero-order valence-corrected chi connectivity index (χ0v) is 14.7. The number of carboxylic acids is 1. The molecule has 9 heteroatoms. The van der Waals surface area contributed by atoms with Gasteiger partial charge in [0.25, 0.3) is 11.8 Å². The summed E-state index contributed by atoms with van der Waals surface area (Å²) in [5.41, 5.74) is 1.36. The SMILES string of the molecule is O=C(O)c1cc(-n2ccc3cc(C(=O)N4CCC(F)(F)CC4)cnc32)ccn1. The first kappa shape index (κ1) is 18.0. The molecule has 3 aromatic rings. The normalized spacial score (nSPS) is 16.3. The van der Waals surface area contributed by atoms with Gasteiger partial charge in [-0.2, -0.15) is 0 Å². The van der Waals surface area contributed by atoms with Gasteiger partial charge in [0.15, 0.2) is 0 Å². The number of hydrogen-bond donors (Lipinski definition) is 1. The summed E-state index contributed by atoms with van der Waals surface area (Å²) in [6, 6.07) is 6.49. The number of likely N-dealkylation sites (tertiary alicyclic amines) is 1. The van der Waals surface area contributed by atoms with E-state index in [1.54, 1.807) is 29.0 Å².